The van der Waals surface area contributed by atoms with Crippen molar-refractivity contribution in [1.82, 2.24) is 15.6 Å². The Morgan fingerprint density at radius 2 is 1.89 bits per heavy atom. The molecule has 11 heteroatoms. The van der Waals surface area contributed by atoms with E-state index in [0.29, 0.717) is 51.0 Å². The van der Waals surface area contributed by atoms with Gasteiger partial charge in [-0.05, 0) is 111 Å². The maximum atomic E-state index is 12.0. The van der Waals surface area contributed by atoms with Crippen LogP contribution < -0.4 is 21.1 Å². The van der Waals surface area contributed by atoms with E-state index in [4.69, 9.17) is 10.5 Å². The molecule has 11 nitrogen and oxygen atoms in total. The molecule has 0 saturated heterocycles. The molecule has 0 bridgehead atoms. The number of H-pyrrole nitrogens is 1. The molecule has 2 heterocycles. The van der Waals surface area contributed by atoms with E-state index in [1.165, 1.54) is 0 Å². The summed E-state index contributed by atoms with van der Waals surface area (Å²) in [5.41, 5.74) is 11.3. The molecule has 56 heavy (non-hydrogen) atoms. The fraction of sp³-hybridized carbons (Fsp3) is 0.556. The number of hydrogen-bond donors (Lipinski definition) is 10. The highest BCUT2D eigenvalue weighted by atomic mass is 16.5. The molecule has 1 aromatic heterocycles. The van der Waals surface area contributed by atoms with Crippen LogP contribution >= 0.6 is 0 Å². The molecular formula is C45H60N4O7. The number of ether oxygens (including phenoxy) is 1. The Morgan fingerprint density at radius 1 is 1.05 bits per heavy atom. The number of aliphatic hydroxyl groups is 5. The zero-order valence-corrected chi connectivity index (χ0v) is 32.5. The molecule has 0 amide bonds. The first-order valence-electron chi connectivity index (χ1n) is 20.6. The summed E-state index contributed by atoms with van der Waals surface area (Å²) >= 11 is 0. The number of aryl methyl sites for hydroxylation is 1. The molecular weight excluding hydrogens is 709 g/mol. The number of phenolic OH excluding ortho intramolecular Hbond substituents is 1. The van der Waals surface area contributed by atoms with Crippen molar-refractivity contribution in [2.24, 2.45) is 35.3 Å². The van der Waals surface area contributed by atoms with Gasteiger partial charge in [-0.25, -0.2) is 0 Å². The summed E-state index contributed by atoms with van der Waals surface area (Å²) in [6, 6.07) is 7.65. The fourth-order valence-corrected chi connectivity index (χ4v) is 9.68. The minimum Gasteiger partial charge on any atom is -0.504 e. The van der Waals surface area contributed by atoms with Gasteiger partial charge in [0.15, 0.2) is 11.5 Å². The van der Waals surface area contributed by atoms with Gasteiger partial charge in [-0.15, -0.1) is 0 Å². The number of dihydropyridines is 1. The highest BCUT2D eigenvalue weighted by Crippen LogP contribution is 2.48. The average Bonchev–Trinajstić information content (AvgIpc) is 3.64. The Labute approximate surface area is 330 Å². The predicted octanol–water partition coefficient (Wildman–Crippen LogP) is 3.43. The van der Waals surface area contributed by atoms with Crippen molar-refractivity contribution < 1.29 is 35.4 Å². The quantitative estimate of drug-likeness (QED) is 0.126. The standard InChI is InChI=1S/C45H60N4O7/c1-3-26-6-7-30-18-27-8-9-28-19-39(53)41(23-36(28)35(27)22-40(54)43(30)37(51)12-10-32(17-26)49-24-25(2)50)56-45-33(11-13-38(52)44(45)55)34(21-31-5-4-15-47-31)29-14-16-48-42(46)20-29/h4-5,11,13-15,18-20,23,25-26,30,32-35,37-38,40,43-45,47-55H,3,8-10,12,16-17,21-22,24,46H2,1-2H3/t25-,26+,30-,32+,33-,34+,35+,37-,38+,40+,43+,44-,45-/m0/s1. The number of phenols is 1. The Hall–Kier alpha value is -4.02. The molecule has 1 aromatic carbocycles. The van der Waals surface area contributed by atoms with Crippen LogP contribution in [0.15, 0.2) is 77.8 Å². The molecule has 11 N–H and O–H groups in total. The van der Waals surface area contributed by atoms with Crippen molar-refractivity contribution >= 4 is 0 Å². The van der Waals surface area contributed by atoms with E-state index in [1.54, 1.807) is 19.1 Å². The van der Waals surface area contributed by atoms with Gasteiger partial charge in [0.05, 0.1) is 24.1 Å². The van der Waals surface area contributed by atoms with Crippen molar-refractivity contribution in [3.63, 3.8) is 0 Å². The Bertz CT molecular complexity index is 1860. The third kappa shape index (κ3) is 8.91. The largest absolute Gasteiger partial charge is 0.504 e. The summed E-state index contributed by atoms with van der Waals surface area (Å²) in [7, 11) is 0. The lowest BCUT2D eigenvalue weighted by atomic mass is 9.73. The first kappa shape index (κ1) is 40.2. The van der Waals surface area contributed by atoms with Crippen LogP contribution in [-0.2, 0) is 12.8 Å². The van der Waals surface area contributed by atoms with Crippen LogP contribution in [0.1, 0.15) is 75.1 Å². The molecule has 0 fully saturated rings. The molecule has 0 unspecified atom stereocenters. The van der Waals surface area contributed by atoms with Crippen LogP contribution in [0.5, 0.6) is 11.5 Å². The van der Waals surface area contributed by atoms with Crippen molar-refractivity contribution in [2.45, 2.75) is 114 Å². The van der Waals surface area contributed by atoms with Gasteiger partial charge in [-0.1, -0.05) is 48.6 Å². The molecule has 7 rings (SSSR count). The fourth-order valence-electron chi connectivity index (χ4n) is 9.68. The third-order valence-electron chi connectivity index (χ3n) is 12.8. The van der Waals surface area contributed by atoms with Crippen molar-refractivity contribution in [1.29, 1.82) is 0 Å². The summed E-state index contributed by atoms with van der Waals surface area (Å²) in [4.78, 5) is 3.30. The lowest BCUT2D eigenvalue weighted by Crippen LogP contribution is -2.50. The molecule has 302 valence electrons. The number of nitrogens with one attached hydrogen (secondary N) is 3. The highest BCUT2D eigenvalue weighted by molar-refractivity contribution is 5.52. The normalized spacial score (nSPS) is 34.0. The second kappa shape index (κ2) is 17.6. The van der Waals surface area contributed by atoms with Gasteiger partial charge >= 0.3 is 0 Å². The monoisotopic (exact) mass is 768 g/mol. The van der Waals surface area contributed by atoms with E-state index >= 15 is 0 Å². The summed E-state index contributed by atoms with van der Waals surface area (Å²) in [5.74, 6) is 6.33. The number of aromatic hydroxyl groups is 1. The minimum atomic E-state index is -1.27. The summed E-state index contributed by atoms with van der Waals surface area (Å²) in [6.07, 6.45) is 11.5. The number of rotatable bonds is 10. The van der Waals surface area contributed by atoms with E-state index in [0.717, 1.165) is 47.2 Å². The van der Waals surface area contributed by atoms with Crippen LogP contribution in [0.4, 0.5) is 0 Å². The molecule has 0 saturated carbocycles. The number of aliphatic hydroxyl groups excluding tert-OH is 5. The molecule has 2 aromatic rings. The predicted molar refractivity (Wildman–Crippen MR) is 215 cm³/mol. The van der Waals surface area contributed by atoms with E-state index in [9.17, 15) is 30.6 Å². The van der Waals surface area contributed by atoms with Crippen LogP contribution in [0.3, 0.4) is 0 Å². The molecule has 5 aliphatic rings. The average molecular weight is 769 g/mol. The van der Waals surface area contributed by atoms with Crippen molar-refractivity contribution in [2.75, 3.05) is 13.1 Å². The van der Waals surface area contributed by atoms with E-state index in [1.807, 2.05) is 36.5 Å². The summed E-state index contributed by atoms with van der Waals surface area (Å²) < 4.78 is 6.66. The molecule has 1 aliphatic heterocycles. The van der Waals surface area contributed by atoms with E-state index < -0.39 is 48.5 Å². The van der Waals surface area contributed by atoms with Gasteiger partial charge < -0.3 is 56.7 Å². The number of fused-ring (bicyclic) bond motifs is 4. The van der Waals surface area contributed by atoms with Crippen LogP contribution in [0.2, 0.25) is 0 Å². The molecule has 0 spiro atoms. The Morgan fingerprint density at radius 3 is 2.64 bits per heavy atom. The highest BCUT2D eigenvalue weighted by Gasteiger charge is 2.43. The van der Waals surface area contributed by atoms with Crippen LogP contribution in [0, 0.1) is 41.4 Å². The van der Waals surface area contributed by atoms with Crippen LogP contribution in [0.25, 0.3) is 0 Å². The smallest absolute Gasteiger partial charge is 0.161 e. The SMILES string of the molecule is CC[C@@H]1C#C[C@H]2C=C3CCc4cc(O)c(O[C@@H]5[C@@H](O)[C@H](O)C=C[C@H]5[C@H](Cc5ccc[nH]5)C5=CCNC(N)=C5)cc4[C@@H]3C[C@@H](O)[C@H]2[C@@H](O)CC[C@@H](NC[C@H](C)O)C1. The second-order valence-corrected chi connectivity index (χ2v) is 16.7. The van der Waals surface area contributed by atoms with E-state index in [-0.39, 0.29) is 41.2 Å². The Kier molecular flexibility index (Phi) is 12.7. The maximum absolute atomic E-state index is 12.0. The number of hydrogen-bond acceptors (Lipinski definition) is 10. The zero-order valence-electron chi connectivity index (χ0n) is 32.5. The molecule has 13 atom stereocenters. The molecule has 0 radical (unpaired) electrons. The lowest BCUT2D eigenvalue weighted by molar-refractivity contribution is -0.0608. The van der Waals surface area contributed by atoms with Crippen molar-refractivity contribution in [3.8, 4) is 23.3 Å². The number of nitrogens with two attached hydrogens (primary N) is 1. The van der Waals surface area contributed by atoms with Crippen molar-refractivity contribution in [3.05, 3.63) is 94.6 Å². The second-order valence-electron chi connectivity index (χ2n) is 16.7. The zero-order chi connectivity index (χ0) is 39.5. The number of allylic oxidation sites excluding steroid dienone is 4. The number of aromatic amines is 1. The number of benzene rings is 1. The maximum Gasteiger partial charge on any atom is 0.161 e. The summed E-state index contributed by atoms with van der Waals surface area (Å²) in [5, 5.41) is 74.0. The topological polar surface area (TPSA) is 196 Å². The van der Waals surface area contributed by atoms with Gasteiger partial charge in [0.1, 0.15) is 18.3 Å². The van der Waals surface area contributed by atoms with Gasteiger partial charge in [0.2, 0.25) is 0 Å². The first-order chi connectivity index (χ1) is 27.0. The third-order valence-corrected chi connectivity index (χ3v) is 12.8. The first-order valence-corrected chi connectivity index (χ1v) is 20.6. The Balaban J connectivity index is 1.19. The van der Waals surface area contributed by atoms with Gasteiger partial charge in [0, 0.05) is 60.6 Å². The van der Waals surface area contributed by atoms with E-state index in [2.05, 4.69) is 46.5 Å². The van der Waals surface area contributed by atoms with Gasteiger partial charge in [-0.2, -0.15) is 0 Å². The lowest BCUT2D eigenvalue weighted by Gasteiger charge is -2.40. The summed E-state index contributed by atoms with van der Waals surface area (Å²) in [6.45, 7) is 4.93. The molecule has 4 aliphatic carbocycles. The number of aromatic nitrogens is 1. The van der Waals surface area contributed by atoms with Gasteiger partial charge in [-0.3, -0.25) is 0 Å². The minimum absolute atomic E-state index is 0.0497. The van der Waals surface area contributed by atoms with Gasteiger partial charge in [0.25, 0.3) is 0 Å². The van der Waals surface area contributed by atoms with Crippen LogP contribution in [-0.4, -0.2) is 91.4 Å².